The Labute approximate surface area is 160 Å². The van der Waals surface area contributed by atoms with Crippen molar-refractivity contribution in [2.45, 2.75) is 38.1 Å². The second kappa shape index (κ2) is 6.70. The first-order valence-electron chi connectivity index (χ1n) is 9.12. The van der Waals surface area contributed by atoms with Crippen LogP contribution in [-0.4, -0.2) is 33.7 Å². The van der Waals surface area contributed by atoms with Crippen molar-refractivity contribution in [3.05, 3.63) is 48.7 Å². The number of fused-ring (bicyclic) bond motifs is 1. The summed E-state index contributed by atoms with van der Waals surface area (Å²) >= 11 is 6.00. The lowest BCUT2D eigenvalue weighted by Gasteiger charge is -2.22. The van der Waals surface area contributed by atoms with Gasteiger partial charge in [-0.15, -0.1) is 5.10 Å². The highest BCUT2D eigenvalue weighted by atomic mass is 35.5. The van der Waals surface area contributed by atoms with Crippen molar-refractivity contribution in [3.8, 4) is 5.82 Å². The van der Waals surface area contributed by atoms with Crippen LogP contribution < -0.4 is 5.32 Å². The van der Waals surface area contributed by atoms with Gasteiger partial charge in [-0.25, -0.2) is 14.5 Å². The van der Waals surface area contributed by atoms with Crippen molar-refractivity contribution in [3.63, 3.8) is 0 Å². The summed E-state index contributed by atoms with van der Waals surface area (Å²) in [6.45, 7) is 0. The fourth-order valence-electron chi connectivity index (χ4n) is 3.67. The first kappa shape index (κ1) is 16.3. The molecule has 4 aromatic rings. The molecule has 0 amide bonds. The van der Waals surface area contributed by atoms with Crippen LogP contribution in [0.25, 0.3) is 11.3 Å². The van der Waals surface area contributed by atoms with Gasteiger partial charge in [0.15, 0.2) is 11.6 Å². The van der Waals surface area contributed by atoms with Crippen LogP contribution in [0.5, 0.6) is 0 Å². The largest absolute Gasteiger partial charge is 0.332 e. The lowest BCUT2D eigenvalue weighted by molar-refractivity contribution is 0.353. The molecular weight excluding hydrogens is 364 g/mol. The fourth-order valence-corrected chi connectivity index (χ4v) is 3.84. The van der Waals surface area contributed by atoms with Crippen LogP contribution in [0, 0.1) is 0 Å². The lowest BCUT2D eigenvalue weighted by atomic mass is 9.95. The van der Waals surface area contributed by atoms with E-state index in [2.05, 4.69) is 36.1 Å². The molecule has 0 radical (unpaired) electrons. The highest BCUT2D eigenvalue weighted by molar-refractivity contribution is 6.28. The van der Waals surface area contributed by atoms with E-state index in [9.17, 15) is 0 Å². The molecule has 8 nitrogen and oxygen atoms in total. The molecule has 0 atom stereocenters. The summed E-state index contributed by atoms with van der Waals surface area (Å²) in [7, 11) is 0. The van der Waals surface area contributed by atoms with E-state index < -0.39 is 0 Å². The van der Waals surface area contributed by atoms with Crippen molar-refractivity contribution < 1.29 is 0 Å². The number of rotatable bonds is 4. The maximum Gasteiger partial charge on any atom is 0.243 e. The zero-order valence-corrected chi connectivity index (χ0v) is 15.4. The summed E-state index contributed by atoms with van der Waals surface area (Å²) < 4.78 is 5.82. The summed E-state index contributed by atoms with van der Waals surface area (Å²) in [5.74, 6) is 2.13. The van der Waals surface area contributed by atoms with Crippen LogP contribution in [0.3, 0.4) is 0 Å². The third-order valence-corrected chi connectivity index (χ3v) is 5.20. The molecule has 0 spiro atoms. The molecule has 4 aromatic heterocycles. The molecule has 9 heteroatoms. The van der Waals surface area contributed by atoms with Crippen LogP contribution in [0.2, 0.25) is 5.28 Å². The maximum absolute atomic E-state index is 6.00. The molecule has 0 aromatic carbocycles. The summed E-state index contributed by atoms with van der Waals surface area (Å²) in [5.41, 5.74) is 0.829. The topological polar surface area (TPSA) is 77.9 Å². The number of hydrogen-bond donors (Lipinski definition) is 1. The standard InChI is InChI=1S/C18H19ClN8/c19-18-23-17(14-7-4-8-27(14)24-18)22-15-9-26(11-20-15)16-10-25(12-21-16)13-5-2-1-3-6-13/h4,7-13H,1-3,5-6H2,(H,22,23,24). The van der Waals surface area contributed by atoms with Gasteiger partial charge in [0.1, 0.15) is 17.7 Å². The van der Waals surface area contributed by atoms with Gasteiger partial charge in [-0.3, -0.25) is 4.57 Å². The summed E-state index contributed by atoms with van der Waals surface area (Å²) in [6.07, 6.45) is 15.9. The minimum Gasteiger partial charge on any atom is -0.332 e. The normalized spacial score (nSPS) is 15.4. The Kier molecular flexibility index (Phi) is 4.05. The Bertz CT molecular complexity index is 1070. The predicted molar refractivity (Wildman–Crippen MR) is 103 cm³/mol. The zero-order valence-electron chi connectivity index (χ0n) is 14.7. The van der Waals surface area contributed by atoms with E-state index in [0.29, 0.717) is 17.7 Å². The molecule has 1 fully saturated rings. The SMILES string of the molecule is Clc1nc(Nc2cn(-c3cn(C4CCCCC4)cn3)cn2)c2cccn2n1. The minimum atomic E-state index is 0.173. The molecule has 1 saturated carbocycles. The second-order valence-electron chi connectivity index (χ2n) is 6.83. The zero-order chi connectivity index (χ0) is 18.2. The van der Waals surface area contributed by atoms with Gasteiger partial charge in [-0.2, -0.15) is 4.98 Å². The summed E-state index contributed by atoms with van der Waals surface area (Å²) in [6, 6.07) is 4.37. The second-order valence-corrected chi connectivity index (χ2v) is 7.17. The Morgan fingerprint density at radius 3 is 2.85 bits per heavy atom. The quantitative estimate of drug-likeness (QED) is 0.577. The predicted octanol–water partition coefficient (Wildman–Crippen LogP) is 4.01. The van der Waals surface area contributed by atoms with E-state index in [1.165, 1.54) is 32.1 Å². The van der Waals surface area contributed by atoms with Crippen molar-refractivity contribution in [2.24, 2.45) is 0 Å². The average Bonchev–Trinajstić information content (AvgIpc) is 3.42. The van der Waals surface area contributed by atoms with Gasteiger partial charge >= 0.3 is 0 Å². The van der Waals surface area contributed by atoms with Crippen molar-refractivity contribution in [2.75, 3.05) is 5.32 Å². The molecule has 0 unspecified atom stereocenters. The third-order valence-electron chi connectivity index (χ3n) is 5.04. The van der Waals surface area contributed by atoms with E-state index in [1.54, 1.807) is 10.8 Å². The Morgan fingerprint density at radius 2 is 1.96 bits per heavy atom. The van der Waals surface area contributed by atoms with Crippen LogP contribution in [0.1, 0.15) is 38.1 Å². The third kappa shape index (κ3) is 3.16. The van der Waals surface area contributed by atoms with Crippen molar-refractivity contribution in [1.29, 1.82) is 0 Å². The van der Waals surface area contributed by atoms with Crippen LogP contribution >= 0.6 is 11.6 Å². The first-order chi connectivity index (χ1) is 13.3. The molecule has 138 valence electrons. The van der Waals surface area contributed by atoms with Gasteiger partial charge in [0.2, 0.25) is 5.28 Å². The van der Waals surface area contributed by atoms with E-state index >= 15 is 0 Å². The molecule has 27 heavy (non-hydrogen) atoms. The van der Waals surface area contributed by atoms with Gasteiger partial charge in [0.05, 0.1) is 12.5 Å². The fraction of sp³-hybridized carbons (Fsp3) is 0.333. The van der Waals surface area contributed by atoms with E-state index in [-0.39, 0.29) is 5.28 Å². The summed E-state index contributed by atoms with van der Waals surface area (Å²) in [4.78, 5) is 13.2. The molecule has 1 N–H and O–H groups in total. The van der Waals surface area contributed by atoms with Gasteiger partial charge in [-0.1, -0.05) is 19.3 Å². The number of anilines is 2. The van der Waals surface area contributed by atoms with Gasteiger partial charge in [-0.05, 0) is 36.6 Å². The smallest absolute Gasteiger partial charge is 0.243 e. The van der Waals surface area contributed by atoms with Crippen molar-refractivity contribution in [1.82, 2.24) is 33.7 Å². The number of hydrogen-bond acceptors (Lipinski definition) is 5. The van der Waals surface area contributed by atoms with Crippen LogP contribution in [0.15, 0.2) is 43.4 Å². The molecular formula is C18H19ClN8. The molecule has 0 bridgehead atoms. The number of halogens is 1. The van der Waals surface area contributed by atoms with E-state index in [0.717, 1.165) is 11.3 Å². The number of nitrogens with zero attached hydrogens (tertiary/aromatic N) is 7. The Balaban J connectivity index is 1.38. The molecule has 0 aliphatic heterocycles. The maximum atomic E-state index is 6.00. The summed E-state index contributed by atoms with van der Waals surface area (Å²) in [5, 5.41) is 7.51. The Hall–Kier alpha value is -2.87. The highest BCUT2D eigenvalue weighted by Gasteiger charge is 2.16. The van der Waals surface area contributed by atoms with Gasteiger partial charge in [0.25, 0.3) is 0 Å². The minimum absolute atomic E-state index is 0.173. The lowest BCUT2D eigenvalue weighted by Crippen LogP contribution is -2.10. The molecule has 5 rings (SSSR count). The van der Waals surface area contributed by atoms with E-state index in [4.69, 9.17) is 11.6 Å². The number of imidazole rings is 2. The monoisotopic (exact) mass is 382 g/mol. The number of nitrogens with one attached hydrogen (secondary N) is 1. The van der Waals surface area contributed by atoms with Crippen LogP contribution in [-0.2, 0) is 0 Å². The van der Waals surface area contributed by atoms with Crippen molar-refractivity contribution >= 4 is 28.8 Å². The van der Waals surface area contributed by atoms with E-state index in [1.807, 2.05) is 35.4 Å². The molecule has 4 heterocycles. The first-order valence-corrected chi connectivity index (χ1v) is 9.50. The number of aromatic nitrogens is 7. The molecule has 1 aliphatic rings. The van der Waals surface area contributed by atoms with Crippen LogP contribution in [0.4, 0.5) is 11.6 Å². The molecule has 1 aliphatic carbocycles. The average molecular weight is 383 g/mol. The van der Waals surface area contributed by atoms with Gasteiger partial charge in [0, 0.05) is 18.4 Å². The molecule has 0 saturated heterocycles. The Morgan fingerprint density at radius 1 is 1.07 bits per heavy atom. The van der Waals surface area contributed by atoms with Gasteiger partial charge < -0.3 is 9.88 Å². The highest BCUT2D eigenvalue weighted by Crippen LogP contribution is 2.28.